The molecule has 1 aromatic rings. The molecule has 0 aromatic heterocycles. The zero-order chi connectivity index (χ0) is 21.3. The second-order valence-corrected chi connectivity index (χ2v) is 8.42. The van der Waals surface area contributed by atoms with E-state index in [1.54, 1.807) is 6.82 Å². The number of nitrogens with zero attached hydrogens (tertiary/aromatic N) is 1. The maximum atomic E-state index is 12.3. The van der Waals surface area contributed by atoms with Crippen LogP contribution in [0.15, 0.2) is 18.2 Å². The van der Waals surface area contributed by atoms with E-state index in [-0.39, 0.29) is 25.0 Å². The molecule has 0 unspecified atom stereocenters. The van der Waals surface area contributed by atoms with Gasteiger partial charge in [-0.05, 0) is 64.2 Å². The van der Waals surface area contributed by atoms with Crippen LogP contribution in [-0.2, 0) is 16.0 Å². The van der Waals surface area contributed by atoms with Crippen LogP contribution in [0, 0.1) is 6.92 Å². The molecule has 0 radical (unpaired) electrons. The number of hydrogen-bond donors (Lipinski definition) is 3. The number of carbonyl (C=O) groups is 1. The summed E-state index contributed by atoms with van der Waals surface area (Å²) >= 11 is 5.89. The predicted octanol–water partition coefficient (Wildman–Crippen LogP) is 2.38. The van der Waals surface area contributed by atoms with Crippen molar-refractivity contribution in [2.75, 3.05) is 30.5 Å². The molecule has 158 valence electrons. The fourth-order valence-corrected chi connectivity index (χ4v) is 3.25. The largest absolute Gasteiger partial charge is 0.460 e. The van der Waals surface area contributed by atoms with Gasteiger partial charge in [0.15, 0.2) is 0 Å². The third-order valence-electron chi connectivity index (χ3n) is 4.20. The molecular formula is C20H34BClN2O4. The van der Waals surface area contributed by atoms with Crippen molar-refractivity contribution in [3.05, 3.63) is 29.3 Å². The number of rotatable bonds is 11. The molecule has 1 atom stereocenters. The van der Waals surface area contributed by atoms with E-state index >= 15 is 0 Å². The lowest BCUT2D eigenvalue weighted by molar-refractivity contribution is -0.155. The van der Waals surface area contributed by atoms with E-state index in [1.165, 1.54) is 0 Å². The molecule has 8 heteroatoms. The smallest absolute Gasteiger partial charge is 0.373 e. The number of alkyl halides is 1. The van der Waals surface area contributed by atoms with E-state index in [2.05, 4.69) is 11.3 Å². The first-order valence-electron chi connectivity index (χ1n) is 9.73. The average Bonchev–Trinajstić information content (AvgIpc) is 2.54. The average molecular weight is 413 g/mol. The molecule has 1 rings (SSSR count). The highest BCUT2D eigenvalue weighted by molar-refractivity contribution is 6.45. The summed E-state index contributed by atoms with van der Waals surface area (Å²) in [4.78, 5) is 14.3. The minimum Gasteiger partial charge on any atom is -0.460 e. The third-order valence-corrected chi connectivity index (χ3v) is 4.37. The molecule has 0 aliphatic carbocycles. The van der Waals surface area contributed by atoms with E-state index in [4.69, 9.17) is 16.3 Å². The summed E-state index contributed by atoms with van der Waals surface area (Å²) in [6.45, 7) is 10.3. The highest BCUT2D eigenvalue weighted by atomic mass is 35.5. The lowest BCUT2D eigenvalue weighted by atomic mass is 9.85. The van der Waals surface area contributed by atoms with Crippen LogP contribution in [0.4, 0.5) is 5.69 Å². The minimum atomic E-state index is -0.738. The maximum absolute atomic E-state index is 12.3. The first kappa shape index (κ1) is 24.8. The number of benzene rings is 1. The monoisotopic (exact) mass is 412 g/mol. The van der Waals surface area contributed by atoms with E-state index in [1.807, 2.05) is 44.7 Å². The van der Waals surface area contributed by atoms with Gasteiger partial charge in [0.25, 0.3) is 0 Å². The van der Waals surface area contributed by atoms with Crippen molar-refractivity contribution in [3.63, 3.8) is 0 Å². The van der Waals surface area contributed by atoms with Gasteiger partial charge in [-0.1, -0.05) is 6.07 Å². The lowest BCUT2D eigenvalue weighted by Crippen LogP contribution is -2.43. The quantitative estimate of drug-likeness (QED) is 0.294. The van der Waals surface area contributed by atoms with Gasteiger partial charge in [-0.3, -0.25) is 4.79 Å². The number of aryl methyl sites for hydroxylation is 1. The first-order valence-corrected chi connectivity index (χ1v) is 10.3. The van der Waals surface area contributed by atoms with Gasteiger partial charge in [0.2, 0.25) is 0 Å². The van der Waals surface area contributed by atoms with Crippen LogP contribution in [-0.4, -0.2) is 60.4 Å². The molecule has 0 heterocycles. The van der Waals surface area contributed by atoms with Crippen molar-refractivity contribution in [2.24, 2.45) is 0 Å². The van der Waals surface area contributed by atoms with Crippen molar-refractivity contribution >= 4 is 30.3 Å². The molecule has 28 heavy (non-hydrogen) atoms. The molecular weight excluding hydrogens is 378 g/mol. The number of ether oxygens (including phenoxy) is 1. The third kappa shape index (κ3) is 9.28. The lowest BCUT2D eigenvalue weighted by Gasteiger charge is -2.26. The van der Waals surface area contributed by atoms with Crippen LogP contribution in [0.2, 0.25) is 6.82 Å². The Hall–Kier alpha value is -1.28. The fourth-order valence-electron chi connectivity index (χ4n) is 3.05. The van der Waals surface area contributed by atoms with Gasteiger partial charge in [-0.15, -0.1) is 11.6 Å². The van der Waals surface area contributed by atoms with Crippen LogP contribution < -0.4 is 10.1 Å². The number of anilines is 1. The van der Waals surface area contributed by atoms with Crippen molar-refractivity contribution < 1.29 is 19.7 Å². The van der Waals surface area contributed by atoms with Crippen molar-refractivity contribution in [2.45, 2.75) is 59.0 Å². The Kier molecular flexibility index (Phi) is 10.3. The molecule has 0 saturated heterocycles. The van der Waals surface area contributed by atoms with Gasteiger partial charge < -0.3 is 25.0 Å². The summed E-state index contributed by atoms with van der Waals surface area (Å²) in [5, 5.41) is 22.1. The Morgan fingerprint density at radius 3 is 2.57 bits per heavy atom. The topological polar surface area (TPSA) is 82.0 Å². The van der Waals surface area contributed by atoms with Gasteiger partial charge in [-0.25, -0.2) is 0 Å². The molecule has 0 bridgehead atoms. The zero-order valence-corrected chi connectivity index (χ0v) is 18.4. The minimum absolute atomic E-state index is 0.0466. The number of carbonyl (C=O) groups excluding carboxylic acids is 1. The molecule has 0 fully saturated rings. The molecule has 0 saturated carbocycles. The van der Waals surface area contributed by atoms with Crippen LogP contribution in [0.3, 0.4) is 0 Å². The summed E-state index contributed by atoms with van der Waals surface area (Å²) in [7, 11) is -0.738. The van der Waals surface area contributed by atoms with Gasteiger partial charge in [0, 0.05) is 30.7 Å². The molecule has 1 aromatic carbocycles. The summed E-state index contributed by atoms with van der Waals surface area (Å²) < 4.78 is 5.43. The van der Waals surface area contributed by atoms with E-state index < -0.39 is 12.7 Å². The summed E-state index contributed by atoms with van der Waals surface area (Å²) in [5.41, 5.74) is 2.59. The molecule has 3 N–H and O–H groups in total. The second kappa shape index (κ2) is 11.7. The number of nitrogens with one attached hydrogen (secondary N) is 1. The SMILES string of the molecule is CB(O)N[C@H](CC(=O)OC(C)(C)C)Cc1cc(N(CCO)CCCl)ccc1C. The molecule has 0 aliphatic rings. The molecule has 0 aliphatic heterocycles. The van der Waals surface area contributed by atoms with Gasteiger partial charge >= 0.3 is 13.0 Å². The summed E-state index contributed by atoms with van der Waals surface area (Å²) in [5.74, 6) is 0.164. The summed E-state index contributed by atoms with van der Waals surface area (Å²) in [6.07, 6.45) is 0.728. The second-order valence-electron chi connectivity index (χ2n) is 8.04. The van der Waals surface area contributed by atoms with Gasteiger partial charge in [0.1, 0.15) is 5.60 Å². The van der Waals surface area contributed by atoms with E-state index in [0.29, 0.717) is 25.4 Å². The molecule has 0 amide bonds. The fraction of sp³-hybridized carbons (Fsp3) is 0.650. The Labute approximate surface area is 174 Å². The molecule has 6 nitrogen and oxygen atoms in total. The van der Waals surface area contributed by atoms with Crippen LogP contribution in [0.25, 0.3) is 0 Å². The van der Waals surface area contributed by atoms with Crippen molar-refractivity contribution in [1.29, 1.82) is 0 Å². The number of esters is 1. The van der Waals surface area contributed by atoms with Crippen LogP contribution in [0.5, 0.6) is 0 Å². The Bertz CT molecular complexity index is 617. The zero-order valence-electron chi connectivity index (χ0n) is 17.7. The Balaban J connectivity index is 3.00. The van der Waals surface area contributed by atoms with Crippen LogP contribution in [0.1, 0.15) is 38.3 Å². The van der Waals surface area contributed by atoms with Gasteiger partial charge in [-0.2, -0.15) is 0 Å². The number of hydrogen-bond acceptors (Lipinski definition) is 6. The standard InChI is InChI=1S/C20H34BClN2O4/c1-15-6-7-18(24(9-8-22)10-11-25)13-16(15)12-17(23-21(5)27)14-19(26)28-20(2,3)4/h6-7,13,17,23,25,27H,8-12,14H2,1-5H3/t17-/m0/s1. The highest BCUT2D eigenvalue weighted by Crippen LogP contribution is 2.22. The first-order chi connectivity index (χ1) is 13.1. The summed E-state index contributed by atoms with van der Waals surface area (Å²) in [6, 6.07) is 5.83. The Morgan fingerprint density at radius 2 is 2.04 bits per heavy atom. The van der Waals surface area contributed by atoms with Crippen molar-refractivity contribution in [3.8, 4) is 0 Å². The van der Waals surface area contributed by atoms with Gasteiger partial charge in [0.05, 0.1) is 13.0 Å². The predicted molar refractivity (Wildman–Crippen MR) is 116 cm³/mol. The highest BCUT2D eigenvalue weighted by Gasteiger charge is 2.23. The molecule has 0 spiro atoms. The number of halogens is 1. The normalized spacial score (nSPS) is 12.6. The Morgan fingerprint density at radius 1 is 1.36 bits per heavy atom. The van der Waals surface area contributed by atoms with E-state index in [0.717, 1.165) is 16.8 Å². The van der Waals surface area contributed by atoms with E-state index in [9.17, 15) is 14.9 Å². The number of aliphatic hydroxyl groups excluding tert-OH is 1. The van der Waals surface area contributed by atoms with Crippen LogP contribution >= 0.6 is 11.6 Å². The number of aliphatic hydroxyl groups is 1. The van der Waals surface area contributed by atoms with Crippen molar-refractivity contribution in [1.82, 2.24) is 5.23 Å². The maximum Gasteiger partial charge on any atom is 0.373 e.